The van der Waals surface area contributed by atoms with Crippen LogP contribution in [0.4, 0.5) is 0 Å². The van der Waals surface area contributed by atoms with Crippen LogP contribution >= 0.6 is 0 Å². The van der Waals surface area contributed by atoms with Crippen LogP contribution < -0.4 is 4.74 Å². The third-order valence-corrected chi connectivity index (χ3v) is 3.42. The summed E-state index contributed by atoms with van der Waals surface area (Å²) in [6, 6.07) is 5.56. The molecule has 1 rings (SSSR count). The molecule has 0 bridgehead atoms. The van der Waals surface area contributed by atoms with Gasteiger partial charge in [0.25, 0.3) is 0 Å². The Kier molecular flexibility index (Phi) is 6.60. The van der Waals surface area contributed by atoms with Gasteiger partial charge in [0.1, 0.15) is 5.75 Å². The zero-order valence-corrected chi connectivity index (χ0v) is 14.2. The largest absolute Gasteiger partial charge is 0.494 e. The first kappa shape index (κ1) is 18.2. The van der Waals surface area contributed by atoms with Gasteiger partial charge in [0.2, 0.25) is 0 Å². The van der Waals surface area contributed by atoms with Gasteiger partial charge in [0.15, 0.2) is 5.78 Å². The van der Waals surface area contributed by atoms with Gasteiger partial charge in [-0.3, -0.25) is 9.59 Å². The van der Waals surface area contributed by atoms with Crippen molar-refractivity contribution in [2.75, 3.05) is 13.7 Å². The van der Waals surface area contributed by atoms with Gasteiger partial charge in [-0.2, -0.15) is 0 Å². The molecular formula is C18H26O4. The zero-order chi connectivity index (χ0) is 16.8. The van der Waals surface area contributed by atoms with E-state index in [1.165, 1.54) is 7.11 Å². The Bertz CT molecular complexity index is 526. The van der Waals surface area contributed by atoms with E-state index in [2.05, 4.69) is 25.5 Å². The van der Waals surface area contributed by atoms with Crippen LogP contribution in [-0.4, -0.2) is 25.5 Å². The summed E-state index contributed by atoms with van der Waals surface area (Å²) in [5.41, 5.74) is 1.58. The van der Waals surface area contributed by atoms with E-state index in [1.807, 2.05) is 19.1 Å². The Morgan fingerprint density at radius 1 is 1.14 bits per heavy atom. The van der Waals surface area contributed by atoms with Gasteiger partial charge in [0.05, 0.1) is 13.7 Å². The van der Waals surface area contributed by atoms with Crippen LogP contribution in [0.5, 0.6) is 5.75 Å². The Morgan fingerprint density at radius 2 is 1.82 bits per heavy atom. The van der Waals surface area contributed by atoms with Crippen molar-refractivity contribution in [1.82, 2.24) is 0 Å². The van der Waals surface area contributed by atoms with Crippen molar-refractivity contribution in [1.29, 1.82) is 0 Å². The molecule has 0 radical (unpaired) electrons. The number of methoxy groups -OCH3 is 1. The van der Waals surface area contributed by atoms with Crippen LogP contribution in [0.1, 0.15) is 62.9 Å². The molecule has 0 atom stereocenters. The summed E-state index contributed by atoms with van der Waals surface area (Å²) in [4.78, 5) is 23.4. The third-order valence-electron chi connectivity index (χ3n) is 3.42. The first-order chi connectivity index (χ1) is 10.3. The molecule has 4 heteroatoms. The van der Waals surface area contributed by atoms with E-state index in [0.29, 0.717) is 25.0 Å². The monoisotopic (exact) mass is 306 g/mol. The van der Waals surface area contributed by atoms with E-state index >= 15 is 0 Å². The number of ether oxygens (including phenoxy) is 2. The lowest BCUT2D eigenvalue weighted by Crippen LogP contribution is -2.15. The molecule has 0 aromatic heterocycles. The number of Topliss-reactive ketones (excluding diaryl/α,β-unsaturated/α-hetero) is 1. The molecule has 0 aliphatic heterocycles. The SMILES string of the molecule is CCOc1ccc(C(=O)CCCC(=O)OC)cc1C(C)(C)C. The maximum Gasteiger partial charge on any atom is 0.305 e. The van der Waals surface area contributed by atoms with Gasteiger partial charge in [-0.1, -0.05) is 20.8 Å². The van der Waals surface area contributed by atoms with Crippen LogP contribution in [0.3, 0.4) is 0 Å². The molecular weight excluding hydrogens is 280 g/mol. The number of hydrogen-bond donors (Lipinski definition) is 0. The molecule has 0 spiro atoms. The molecule has 0 saturated carbocycles. The van der Waals surface area contributed by atoms with Crippen molar-refractivity contribution in [3.63, 3.8) is 0 Å². The summed E-state index contributed by atoms with van der Waals surface area (Å²) >= 11 is 0. The highest BCUT2D eigenvalue weighted by Gasteiger charge is 2.21. The van der Waals surface area contributed by atoms with Crippen LogP contribution in [0.2, 0.25) is 0 Å². The fourth-order valence-corrected chi connectivity index (χ4v) is 2.21. The van der Waals surface area contributed by atoms with Crippen LogP contribution in [0.15, 0.2) is 18.2 Å². The topological polar surface area (TPSA) is 52.6 Å². The van der Waals surface area contributed by atoms with Crippen LogP contribution in [0, 0.1) is 0 Å². The lowest BCUT2D eigenvalue weighted by molar-refractivity contribution is -0.140. The van der Waals surface area contributed by atoms with Gasteiger partial charge < -0.3 is 9.47 Å². The molecule has 0 aliphatic carbocycles. The predicted molar refractivity (Wildman–Crippen MR) is 86.5 cm³/mol. The van der Waals surface area contributed by atoms with Gasteiger partial charge in [-0.05, 0) is 37.0 Å². The number of hydrogen-bond acceptors (Lipinski definition) is 4. The maximum absolute atomic E-state index is 12.3. The van der Waals surface area contributed by atoms with Crippen LogP contribution in [-0.2, 0) is 14.9 Å². The van der Waals surface area contributed by atoms with E-state index in [4.69, 9.17) is 4.74 Å². The van der Waals surface area contributed by atoms with Crippen molar-refractivity contribution in [2.24, 2.45) is 0 Å². The summed E-state index contributed by atoms with van der Waals surface area (Å²) in [5.74, 6) is 0.577. The second-order valence-electron chi connectivity index (χ2n) is 6.25. The Hall–Kier alpha value is -1.84. The molecule has 4 nitrogen and oxygen atoms in total. The normalized spacial score (nSPS) is 11.1. The predicted octanol–water partition coefficient (Wildman–Crippen LogP) is 3.91. The molecule has 1 aromatic carbocycles. The van der Waals surface area contributed by atoms with Crippen molar-refractivity contribution in [3.05, 3.63) is 29.3 Å². The number of rotatable bonds is 7. The number of esters is 1. The highest BCUT2D eigenvalue weighted by molar-refractivity contribution is 5.96. The molecule has 22 heavy (non-hydrogen) atoms. The quantitative estimate of drug-likeness (QED) is 0.566. The smallest absolute Gasteiger partial charge is 0.305 e. The molecule has 0 amide bonds. The minimum Gasteiger partial charge on any atom is -0.494 e. The minimum atomic E-state index is -0.283. The second kappa shape index (κ2) is 7.97. The fourth-order valence-electron chi connectivity index (χ4n) is 2.21. The molecule has 0 heterocycles. The van der Waals surface area contributed by atoms with E-state index in [0.717, 1.165) is 11.3 Å². The average Bonchev–Trinajstić information content (AvgIpc) is 2.46. The Morgan fingerprint density at radius 3 is 2.36 bits per heavy atom. The first-order valence-electron chi connectivity index (χ1n) is 7.67. The summed E-state index contributed by atoms with van der Waals surface area (Å²) in [7, 11) is 1.35. The van der Waals surface area contributed by atoms with Crippen molar-refractivity contribution < 1.29 is 19.1 Å². The van der Waals surface area contributed by atoms with Gasteiger partial charge >= 0.3 is 5.97 Å². The van der Waals surface area contributed by atoms with E-state index in [1.54, 1.807) is 6.07 Å². The lowest BCUT2D eigenvalue weighted by atomic mass is 9.84. The van der Waals surface area contributed by atoms with Gasteiger partial charge in [0, 0.05) is 24.0 Å². The molecule has 0 aliphatic rings. The Balaban J connectivity index is 2.87. The van der Waals surface area contributed by atoms with Crippen LogP contribution in [0.25, 0.3) is 0 Å². The Labute approximate surface area is 132 Å². The first-order valence-corrected chi connectivity index (χ1v) is 7.67. The summed E-state index contributed by atoms with van der Waals surface area (Å²) in [6.45, 7) is 8.82. The number of carbonyl (C=O) groups excluding carboxylic acids is 2. The lowest BCUT2D eigenvalue weighted by Gasteiger charge is -2.23. The zero-order valence-electron chi connectivity index (χ0n) is 14.2. The van der Waals surface area contributed by atoms with E-state index < -0.39 is 0 Å². The molecule has 0 N–H and O–H groups in total. The summed E-state index contributed by atoms with van der Waals surface area (Å²) in [5, 5.41) is 0. The minimum absolute atomic E-state index is 0.0393. The second-order valence-corrected chi connectivity index (χ2v) is 6.25. The summed E-state index contributed by atoms with van der Waals surface area (Å²) in [6.07, 6.45) is 1.11. The van der Waals surface area contributed by atoms with E-state index in [-0.39, 0.29) is 23.6 Å². The van der Waals surface area contributed by atoms with Crippen molar-refractivity contribution >= 4 is 11.8 Å². The van der Waals surface area contributed by atoms with Crippen molar-refractivity contribution in [3.8, 4) is 5.75 Å². The average molecular weight is 306 g/mol. The molecule has 0 unspecified atom stereocenters. The number of ketones is 1. The third kappa shape index (κ3) is 5.17. The van der Waals surface area contributed by atoms with Gasteiger partial charge in [-0.25, -0.2) is 0 Å². The summed E-state index contributed by atoms with van der Waals surface area (Å²) < 4.78 is 10.2. The maximum atomic E-state index is 12.3. The number of carbonyl (C=O) groups is 2. The highest BCUT2D eigenvalue weighted by atomic mass is 16.5. The molecule has 0 fully saturated rings. The highest BCUT2D eigenvalue weighted by Crippen LogP contribution is 2.32. The number of benzene rings is 1. The molecule has 122 valence electrons. The van der Waals surface area contributed by atoms with Crippen molar-refractivity contribution in [2.45, 2.75) is 52.4 Å². The van der Waals surface area contributed by atoms with Gasteiger partial charge in [-0.15, -0.1) is 0 Å². The standard InChI is InChI=1S/C18H26O4/c1-6-22-16-11-10-13(12-14(16)18(2,3)4)15(19)8-7-9-17(20)21-5/h10-12H,6-9H2,1-5H3. The fraction of sp³-hybridized carbons (Fsp3) is 0.556. The molecule has 1 aromatic rings. The van der Waals surface area contributed by atoms with E-state index in [9.17, 15) is 9.59 Å². The molecule has 0 saturated heterocycles.